The molecule has 0 saturated carbocycles. The molecule has 3 nitrogen and oxygen atoms in total. The molecule has 106 valence electrons. The molecule has 0 atom stereocenters. The second-order valence-corrected chi connectivity index (χ2v) is 5.06. The highest BCUT2D eigenvalue weighted by molar-refractivity contribution is 6.18. The summed E-state index contributed by atoms with van der Waals surface area (Å²) >= 11 is 0. The van der Waals surface area contributed by atoms with Gasteiger partial charge in [0.05, 0.1) is 0 Å². The summed E-state index contributed by atoms with van der Waals surface area (Å²) in [6.07, 6.45) is 0. The number of hydrogen-bond acceptors (Lipinski definition) is 3. The Balaban J connectivity index is 2.05. The average Bonchev–Trinajstić information content (AvgIpc) is 2.96. The van der Waals surface area contributed by atoms with Crippen molar-refractivity contribution in [2.45, 2.75) is 0 Å². The second-order valence-electron chi connectivity index (χ2n) is 5.06. The molecule has 1 aromatic heterocycles. The summed E-state index contributed by atoms with van der Waals surface area (Å²) < 4.78 is 11.3. The van der Waals surface area contributed by atoms with Crippen LogP contribution in [0.5, 0.6) is 5.75 Å². The first-order valence-corrected chi connectivity index (χ1v) is 7.12. The normalized spacial score (nSPS) is 11.0. The number of para-hydroxylation sites is 2. The largest absolute Gasteiger partial charge is 0.536 e. The fourth-order valence-corrected chi connectivity index (χ4v) is 2.82. The van der Waals surface area contributed by atoms with Crippen molar-refractivity contribution in [3.8, 4) is 16.9 Å². The van der Waals surface area contributed by atoms with Gasteiger partial charge in [-0.05, 0) is 11.6 Å². The maximum Gasteiger partial charge on any atom is 0.504 e. The van der Waals surface area contributed by atoms with E-state index in [0.29, 0.717) is 11.3 Å². The Morgan fingerprint density at radius 1 is 0.773 bits per heavy atom. The monoisotopic (exact) mass is 288 g/mol. The van der Waals surface area contributed by atoms with Crippen LogP contribution in [0.1, 0.15) is 0 Å². The van der Waals surface area contributed by atoms with Gasteiger partial charge >= 0.3 is 7.69 Å². The highest BCUT2D eigenvalue weighted by Crippen LogP contribution is 2.38. The highest BCUT2D eigenvalue weighted by Gasteiger charge is 2.14. The van der Waals surface area contributed by atoms with E-state index < -0.39 is 0 Å². The number of fused-ring (bicyclic) bond motifs is 3. The summed E-state index contributed by atoms with van der Waals surface area (Å²) in [5.74, 6) is 0.551. The van der Waals surface area contributed by atoms with E-state index in [1.54, 1.807) is 6.07 Å². The van der Waals surface area contributed by atoms with Gasteiger partial charge in [0.2, 0.25) is 0 Å². The minimum Gasteiger partial charge on any atom is -0.536 e. The first kappa shape index (κ1) is 13.0. The molecule has 4 heteroatoms. The molecule has 0 aliphatic rings. The van der Waals surface area contributed by atoms with Crippen molar-refractivity contribution in [1.82, 2.24) is 0 Å². The van der Waals surface area contributed by atoms with Crippen LogP contribution in [-0.2, 0) is 0 Å². The number of benzene rings is 3. The molecule has 0 bridgehead atoms. The zero-order chi connectivity index (χ0) is 14.9. The van der Waals surface area contributed by atoms with E-state index in [4.69, 9.17) is 14.1 Å². The van der Waals surface area contributed by atoms with E-state index in [-0.39, 0.29) is 7.69 Å². The maximum atomic E-state index is 9.02. The van der Waals surface area contributed by atoms with Crippen LogP contribution in [0.3, 0.4) is 0 Å². The van der Waals surface area contributed by atoms with Crippen LogP contribution >= 0.6 is 0 Å². The molecule has 1 N–H and O–H groups in total. The SMILES string of the molecule is OBOc1cccc2c1oc1c(-c3ccccc3)cccc12. The van der Waals surface area contributed by atoms with Crippen LogP contribution in [-0.4, -0.2) is 12.7 Å². The van der Waals surface area contributed by atoms with Gasteiger partial charge in [0, 0.05) is 16.3 Å². The van der Waals surface area contributed by atoms with E-state index in [1.807, 2.05) is 48.5 Å². The van der Waals surface area contributed by atoms with E-state index in [0.717, 1.165) is 27.5 Å². The minimum atomic E-state index is -0.373. The molecule has 4 aromatic rings. The van der Waals surface area contributed by atoms with Crippen LogP contribution in [0, 0.1) is 0 Å². The molecule has 0 saturated heterocycles. The molecule has 0 amide bonds. The topological polar surface area (TPSA) is 42.6 Å². The van der Waals surface area contributed by atoms with Gasteiger partial charge in [-0.25, -0.2) is 0 Å². The molecule has 0 unspecified atom stereocenters. The van der Waals surface area contributed by atoms with Gasteiger partial charge in [0.15, 0.2) is 5.58 Å². The number of hydrogen-bond donors (Lipinski definition) is 1. The molecule has 4 rings (SSSR count). The molecule has 22 heavy (non-hydrogen) atoms. The summed E-state index contributed by atoms with van der Waals surface area (Å²) in [6.45, 7) is 0. The molecular weight excluding hydrogens is 275 g/mol. The van der Waals surface area contributed by atoms with Crippen molar-refractivity contribution in [3.05, 3.63) is 66.7 Å². The van der Waals surface area contributed by atoms with Crippen LogP contribution < -0.4 is 4.65 Å². The summed E-state index contributed by atoms with van der Waals surface area (Å²) in [5, 5.41) is 11.0. The standard InChI is InChI=1S/C18H13BO3/c20-19-22-16-11-5-10-15-14-9-4-8-13(17(14)21-18(15)16)12-6-2-1-3-7-12/h1-11,19-20H. The lowest BCUT2D eigenvalue weighted by Gasteiger charge is -2.02. The number of rotatable bonds is 3. The van der Waals surface area contributed by atoms with Crippen LogP contribution in [0.15, 0.2) is 71.1 Å². The predicted octanol–water partition coefficient (Wildman–Crippen LogP) is 3.89. The number of furan rings is 1. The first-order chi connectivity index (χ1) is 10.9. The molecule has 1 heterocycles. The Kier molecular flexibility index (Phi) is 3.09. The molecule has 0 fully saturated rings. The molecule has 0 radical (unpaired) electrons. The van der Waals surface area contributed by atoms with Crippen molar-refractivity contribution >= 4 is 29.6 Å². The van der Waals surface area contributed by atoms with Gasteiger partial charge in [-0.2, -0.15) is 0 Å². The van der Waals surface area contributed by atoms with Crippen molar-refractivity contribution in [1.29, 1.82) is 0 Å². The zero-order valence-electron chi connectivity index (χ0n) is 11.8. The van der Waals surface area contributed by atoms with Crippen LogP contribution in [0.2, 0.25) is 0 Å². The second kappa shape index (κ2) is 5.24. The predicted molar refractivity (Wildman–Crippen MR) is 89.2 cm³/mol. The highest BCUT2D eigenvalue weighted by atomic mass is 16.5. The van der Waals surface area contributed by atoms with E-state index in [2.05, 4.69) is 12.1 Å². The van der Waals surface area contributed by atoms with Crippen LogP contribution in [0.25, 0.3) is 33.1 Å². The van der Waals surface area contributed by atoms with Gasteiger partial charge in [0.25, 0.3) is 0 Å². The lowest BCUT2D eigenvalue weighted by Crippen LogP contribution is -1.99. The van der Waals surface area contributed by atoms with Crippen LogP contribution in [0.4, 0.5) is 0 Å². The fourth-order valence-electron chi connectivity index (χ4n) is 2.82. The van der Waals surface area contributed by atoms with Crippen molar-refractivity contribution in [3.63, 3.8) is 0 Å². The Labute approximate surface area is 128 Å². The molecule has 0 aliphatic heterocycles. The quantitative estimate of drug-likeness (QED) is 0.581. The summed E-state index contributed by atoms with van der Waals surface area (Å²) in [4.78, 5) is 0. The Hall–Kier alpha value is -2.72. The lowest BCUT2D eigenvalue weighted by atomic mass is 10.0. The van der Waals surface area contributed by atoms with Gasteiger partial charge < -0.3 is 14.1 Å². The zero-order valence-corrected chi connectivity index (χ0v) is 11.8. The van der Waals surface area contributed by atoms with Gasteiger partial charge in [-0.1, -0.05) is 60.7 Å². The third-order valence-corrected chi connectivity index (χ3v) is 3.79. The van der Waals surface area contributed by atoms with E-state index in [9.17, 15) is 0 Å². The molecule has 0 aliphatic carbocycles. The average molecular weight is 288 g/mol. The summed E-state index contributed by atoms with van der Waals surface area (Å²) in [5.41, 5.74) is 3.65. The minimum absolute atomic E-state index is 0.373. The van der Waals surface area contributed by atoms with Crippen molar-refractivity contribution < 1.29 is 14.1 Å². The van der Waals surface area contributed by atoms with Crippen molar-refractivity contribution in [2.24, 2.45) is 0 Å². The first-order valence-electron chi connectivity index (χ1n) is 7.12. The summed E-state index contributed by atoms with van der Waals surface area (Å²) in [6, 6.07) is 22.0. The molecular formula is C18H13BO3. The van der Waals surface area contributed by atoms with Gasteiger partial charge in [0.1, 0.15) is 11.3 Å². The smallest absolute Gasteiger partial charge is 0.504 e. The lowest BCUT2D eigenvalue weighted by molar-refractivity contribution is 0.451. The molecule has 0 spiro atoms. The third-order valence-electron chi connectivity index (χ3n) is 3.79. The molecule has 3 aromatic carbocycles. The Bertz CT molecular complexity index is 945. The van der Waals surface area contributed by atoms with E-state index in [1.165, 1.54) is 0 Å². The third kappa shape index (κ3) is 1.97. The Morgan fingerprint density at radius 2 is 1.50 bits per heavy atom. The summed E-state index contributed by atoms with van der Waals surface area (Å²) in [7, 11) is -0.373. The fraction of sp³-hybridized carbons (Fsp3) is 0. The Morgan fingerprint density at radius 3 is 2.27 bits per heavy atom. The maximum absolute atomic E-state index is 9.02. The van der Waals surface area contributed by atoms with Gasteiger partial charge in [-0.15, -0.1) is 0 Å². The van der Waals surface area contributed by atoms with Crippen molar-refractivity contribution in [2.75, 3.05) is 0 Å². The van der Waals surface area contributed by atoms with E-state index >= 15 is 0 Å². The van der Waals surface area contributed by atoms with Gasteiger partial charge in [-0.3, -0.25) is 0 Å².